The molecule has 44 heavy (non-hydrogen) atoms. The SMILES string of the molecule is C.C.C.C1CCNCC1.CO.COCCN1CCCCC1.Cn1ccc2ccccc21.OCCCl.c1ccc2[nH]ccc2c1. The summed E-state index contributed by atoms with van der Waals surface area (Å²) < 4.78 is 7.12. The number of H-pyrrole nitrogens is 1. The molecule has 2 fully saturated rings. The first-order valence-electron chi connectivity index (χ1n) is 14.7. The molecule has 0 saturated carbocycles. The van der Waals surface area contributed by atoms with Crippen LogP contribution in [0.3, 0.4) is 0 Å². The number of aliphatic hydroxyl groups excluding tert-OH is 2. The molecule has 4 N–H and O–H groups in total. The summed E-state index contributed by atoms with van der Waals surface area (Å²) in [5.41, 5.74) is 2.50. The van der Waals surface area contributed by atoms with E-state index in [9.17, 15) is 0 Å². The molecule has 2 aromatic carbocycles. The van der Waals surface area contributed by atoms with E-state index in [0.29, 0.717) is 5.88 Å². The van der Waals surface area contributed by atoms with Gasteiger partial charge in [0.2, 0.25) is 0 Å². The van der Waals surface area contributed by atoms with Crippen molar-refractivity contribution >= 4 is 33.4 Å². The van der Waals surface area contributed by atoms with Crippen molar-refractivity contribution in [2.75, 3.05) is 66.0 Å². The second-order valence-electron chi connectivity index (χ2n) is 9.67. The lowest BCUT2D eigenvalue weighted by Gasteiger charge is -2.25. The number of nitrogens with one attached hydrogen (secondary N) is 2. The molecular formula is C36H65ClN4O3. The predicted octanol–water partition coefficient (Wildman–Crippen LogP) is 7.96. The molecule has 6 rings (SSSR count). The molecule has 0 bridgehead atoms. The highest BCUT2D eigenvalue weighted by Crippen LogP contribution is 2.12. The zero-order valence-corrected chi connectivity index (χ0v) is 26.2. The number of para-hydroxylation sites is 2. The van der Waals surface area contributed by atoms with Gasteiger partial charge in [-0.1, -0.05) is 71.5 Å². The molecule has 7 nitrogen and oxygen atoms in total. The zero-order valence-electron chi connectivity index (χ0n) is 25.4. The molecular weight excluding hydrogens is 572 g/mol. The normalized spacial score (nSPS) is 13.4. The van der Waals surface area contributed by atoms with Crippen molar-refractivity contribution in [3.05, 3.63) is 73.1 Å². The number of piperidine rings is 2. The number of hydrogen-bond acceptors (Lipinski definition) is 5. The van der Waals surface area contributed by atoms with Gasteiger partial charge in [0.25, 0.3) is 0 Å². The maximum Gasteiger partial charge on any atom is 0.0589 e. The predicted molar refractivity (Wildman–Crippen MR) is 196 cm³/mol. The van der Waals surface area contributed by atoms with Gasteiger partial charge in [0.05, 0.1) is 13.2 Å². The quantitative estimate of drug-likeness (QED) is 0.171. The highest BCUT2D eigenvalue weighted by Gasteiger charge is 2.08. The van der Waals surface area contributed by atoms with Crippen molar-refractivity contribution in [1.82, 2.24) is 19.8 Å². The summed E-state index contributed by atoms with van der Waals surface area (Å²) in [6.45, 7) is 7.16. The first kappa shape index (κ1) is 46.0. The summed E-state index contributed by atoms with van der Waals surface area (Å²) in [7, 11) is 4.83. The average Bonchev–Trinajstić information content (AvgIpc) is 3.70. The number of rotatable bonds is 4. The zero-order chi connectivity index (χ0) is 30.0. The molecule has 8 heteroatoms. The maximum atomic E-state index is 7.74. The lowest BCUT2D eigenvalue weighted by Crippen LogP contribution is -2.32. The Hall–Kier alpha value is -2.39. The summed E-state index contributed by atoms with van der Waals surface area (Å²) in [5.74, 6) is 0.347. The molecule has 2 aliphatic heterocycles. The van der Waals surface area contributed by atoms with Crippen molar-refractivity contribution in [2.45, 2.75) is 60.8 Å². The van der Waals surface area contributed by atoms with Crippen molar-refractivity contribution < 1.29 is 14.9 Å². The fraction of sp³-hybridized carbons (Fsp3) is 0.556. The minimum atomic E-state index is 0. The third-order valence-corrected chi connectivity index (χ3v) is 6.78. The van der Waals surface area contributed by atoms with Gasteiger partial charge in [-0.05, 0) is 86.9 Å². The van der Waals surface area contributed by atoms with Crippen molar-refractivity contribution in [3.8, 4) is 0 Å². The van der Waals surface area contributed by atoms with Crippen LogP contribution in [0.2, 0.25) is 0 Å². The van der Waals surface area contributed by atoms with E-state index in [0.717, 1.165) is 20.3 Å². The first-order chi connectivity index (χ1) is 20.2. The van der Waals surface area contributed by atoms with Crippen LogP contribution in [0.1, 0.15) is 60.8 Å². The van der Waals surface area contributed by atoms with Gasteiger partial charge < -0.3 is 34.7 Å². The van der Waals surface area contributed by atoms with E-state index in [-0.39, 0.29) is 28.9 Å². The van der Waals surface area contributed by atoms with Gasteiger partial charge in [-0.25, -0.2) is 0 Å². The maximum absolute atomic E-state index is 7.74. The van der Waals surface area contributed by atoms with Crippen LogP contribution in [0.15, 0.2) is 73.1 Å². The van der Waals surface area contributed by atoms with Crippen molar-refractivity contribution in [3.63, 3.8) is 0 Å². The van der Waals surface area contributed by atoms with Crippen LogP contribution in [0, 0.1) is 0 Å². The van der Waals surface area contributed by atoms with Gasteiger partial charge in [-0.15, -0.1) is 11.6 Å². The number of ether oxygens (including phenoxy) is 1. The van der Waals surface area contributed by atoms with Gasteiger partial charge in [-0.3, -0.25) is 0 Å². The van der Waals surface area contributed by atoms with Gasteiger partial charge in [0.15, 0.2) is 0 Å². The van der Waals surface area contributed by atoms with E-state index in [4.69, 9.17) is 26.6 Å². The van der Waals surface area contributed by atoms with E-state index in [2.05, 4.69) is 81.5 Å². The number of likely N-dealkylation sites (tertiary alicyclic amines) is 1. The number of methoxy groups -OCH3 is 1. The topological polar surface area (TPSA) is 85.7 Å². The van der Waals surface area contributed by atoms with E-state index in [1.165, 1.54) is 86.5 Å². The molecule has 4 heterocycles. The highest BCUT2D eigenvalue weighted by molar-refractivity contribution is 6.17. The minimum absolute atomic E-state index is 0. The number of aryl methyl sites for hydroxylation is 1. The minimum Gasteiger partial charge on any atom is -0.400 e. The Bertz CT molecular complexity index is 1070. The van der Waals surface area contributed by atoms with E-state index in [1.54, 1.807) is 7.11 Å². The summed E-state index contributed by atoms with van der Waals surface area (Å²) in [5, 5.41) is 20.6. The monoisotopic (exact) mass is 636 g/mol. The lowest BCUT2D eigenvalue weighted by atomic mass is 10.1. The van der Waals surface area contributed by atoms with E-state index < -0.39 is 0 Å². The van der Waals surface area contributed by atoms with Gasteiger partial charge in [0.1, 0.15) is 0 Å². The Labute approximate surface area is 274 Å². The molecule has 4 aromatic rings. The fourth-order valence-electron chi connectivity index (χ4n) is 4.42. The van der Waals surface area contributed by atoms with Crippen LogP contribution in [-0.4, -0.2) is 90.7 Å². The summed E-state index contributed by atoms with van der Waals surface area (Å²) in [6, 6.07) is 20.8. The highest BCUT2D eigenvalue weighted by atomic mass is 35.5. The number of benzene rings is 2. The van der Waals surface area contributed by atoms with Crippen LogP contribution in [0.4, 0.5) is 0 Å². The van der Waals surface area contributed by atoms with Gasteiger partial charge in [-0.2, -0.15) is 0 Å². The number of halogens is 1. The number of aromatic amines is 1. The van der Waals surface area contributed by atoms with E-state index in [1.807, 2.05) is 18.3 Å². The van der Waals surface area contributed by atoms with Gasteiger partial charge >= 0.3 is 0 Å². The number of nitrogens with zero attached hydrogens (tertiary/aromatic N) is 2. The fourth-order valence-corrected chi connectivity index (χ4v) is 4.42. The number of alkyl halides is 1. The van der Waals surface area contributed by atoms with Crippen molar-refractivity contribution in [1.29, 1.82) is 0 Å². The Balaban J connectivity index is -0.000000476. The second kappa shape index (κ2) is 32.0. The third kappa shape index (κ3) is 20.5. The molecule has 254 valence electrons. The Kier molecular flexibility index (Phi) is 33.5. The second-order valence-corrected chi connectivity index (χ2v) is 10.0. The average molecular weight is 637 g/mol. The number of hydrogen-bond donors (Lipinski definition) is 4. The van der Waals surface area contributed by atoms with Gasteiger partial charge in [0, 0.05) is 57.1 Å². The van der Waals surface area contributed by atoms with Crippen LogP contribution >= 0.6 is 11.6 Å². The van der Waals surface area contributed by atoms with E-state index >= 15 is 0 Å². The molecule has 0 unspecified atom stereocenters. The molecule has 2 aliphatic rings. The standard InChI is InChI=1S/C9H9N.C8H17NO.C8H7N.C5H11N.C2H5ClO.CH4O.3CH4/c1-10-7-6-8-4-2-3-5-9(8)10;1-10-8-7-9-5-3-2-4-6-9;1-2-4-8-7(3-1)5-6-9-8;1-2-4-6-5-3-1;3-1-2-4;1-2;;;/h2-7H,1H3;2-8H2,1H3;1-6,9H;6H,1-5H2;4H,1-2H2;2H,1H3;3*1H4. The largest absolute Gasteiger partial charge is 0.400 e. The number of aromatic nitrogens is 2. The summed E-state index contributed by atoms with van der Waals surface area (Å²) >= 11 is 4.94. The lowest BCUT2D eigenvalue weighted by molar-refractivity contribution is 0.135. The molecule has 0 amide bonds. The molecule has 0 spiro atoms. The van der Waals surface area contributed by atoms with Crippen LogP contribution < -0.4 is 5.32 Å². The molecule has 2 saturated heterocycles. The first-order valence-corrected chi connectivity index (χ1v) is 15.3. The number of fused-ring (bicyclic) bond motifs is 2. The molecule has 0 atom stereocenters. The summed E-state index contributed by atoms with van der Waals surface area (Å²) in [4.78, 5) is 5.60. The summed E-state index contributed by atoms with van der Waals surface area (Å²) in [6.07, 6.45) is 12.4. The number of aliphatic hydroxyl groups is 2. The molecule has 2 aromatic heterocycles. The molecule has 0 aliphatic carbocycles. The Morgan fingerprint density at radius 3 is 1.86 bits per heavy atom. The van der Waals surface area contributed by atoms with Crippen molar-refractivity contribution in [2.24, 2.45) is 7.05 Å². The molecule has 0 radical (unpaired) electrons. The van der Waals surface area contributed by atoms with Crippen LogP contribution in [0.25, 0.3) is 21.8 Å². The third-order valence-electron chi connectivity index (χ3n) is 6.61. The van der Waals surface area contributed by atoms with Crippen LogP contribution in [0.5, 0.6) is 0 Å². The smallest absolute Gasteiger partial charge is 0.0589 e. The Morgan fingerprint density at radius 2 is 1.36 bits per heavy atom. The van der Waals surface area contributed by atoms with Crippen LogP contribution in [-0.2, 0) is 11.8 Å². The Morgan fingerprint density at radius 1 is 0.795 bits per heavy atom.